The molecular weight excluding hydrogens is 396 g/mol. The number of nitrogens with zero attached hydrogens (tertiary/aromatic N) is 2. The lowest BCUT2D eigenvalue weighted by Crippen LogP contribution is -2.53. The number of carbonyl (C=O) groups is 2. The molecule has 2 aromatic rings. The van der Waals surface area contributed by atoms with Crippen LogP contribution in [-0.2, 0) is 9.53 Å². The molecule has 28 heavy (non-hydrogen) atoms. The van der Waals surface area contributed by atoms with Gasteiger partial charge in [0.15, 0.2) is 5.13 Å². The number of nitrogens with one attached hydrogen (secondary N) is 2. The lowest BCUT2D eigenvalue weighted by atomic mass is 9.87. The summed E-state index contributed by atoms with van der Waals surface area (Å²) >= 11 is 2.83. The maximum atomic E-state index is 12.6. The molecule has 2 amide bonds. The predicted molar refractivity (Wildman–Crippen MR) is 109 cm³/mol. The lowest BCUT2D eigenvalue weighted by molar-refractivity contribution is -0.158. The van der Waals surface area contributed by atoms with Gasteiger partial charge in [-0.15, -0.1) is 22.7 Å². The summed E-state index contributed by atoms with van der Waals surface area (Å²) in [6.45, 7) is 6.83. The molecule has 1 atom stereocenters. The van der Waals surface area contributed by atoms with E-state index in [1.54, 1.807) is 5.38 Å². The van der Waals surface area contributed by atoms with E-state index < -0.39 is 5.41 Å². The summed E-state index contributed by atoms with van der Waals surface area (Å²) in [7, 11) is 0. The van der Waals surface area contributed by atoms with E-state index in [-0.39, 0.29) is 23.8 Å². The van der Waals surface area contributed by atoms with Crippen molar-refractivity contribution in [2.75, 3.05) is 18.5 Å². The third-order valence-corrected chi connectivity index (χ3v) is 6.81. The minimum Gasteiger partial charge on any atom is -0.379 e. The Morgan fingerprint density at radius 3 is 2.57 bits per heavy atom. The first-order chi connectivity index (χ1) is 13.4. The summed E-state index contributed by atoms with van der Waals surface area (Å²) in [4.78, 5) is 34.1. The number of amides is 2. The molecule has 0 bridgehead atoms. The van der Waals surface area contributed by atoms with Gasteiger partial charge in [-0.1, -0.05) is 13.8 Å². The molecule has 1 saturated carbocycles. The van der Waals surface area contributed by atoms with Gasteiger partial charge >= 0.3 is 0 Å². The van der Waals surface area contributed by atoms with Crippen LogP contribution in [0, 0.1) is 11.3 Å². The molecule has 9 heteroatoms. The zero-order valence-electron chi connectivity index (χ0n) is 16.2. The van der Waals surface area contributed by atoms with Gasteiger partial charge in [-0.2, -0.15) is 0 Å². The second kappa shape index (κ2) is 7.53. The molecule has 2 N–H and O–H groups in total. The van der Waals surface area contributed by atoms with Crippen LogP contribution in [0.15, 0.2) is 10.8 Å². The van der Waals surface area contributed by atoms with E-state index in [1.165, 1.54) is 35.5 Å². The van der Waals surface area contributed by atoms with Crippen LogP contribution in [0.3, 0.4) is 0 Å². The van der Waals surface area contributed by atoms with Crippen LogP contribution in [0.1, 0.15) is 66.8 Å². The van der Waals surface area contributed by atoms with Gasteiger partial charge in [0.2, 0.25) is 5.91 Å². The number of rotatable bonds is 7. The molecule has 4 rings (SSSR count). The number of carbonyl (C=O) groups excluding carboxylic acids is 2. The summed E-state index contributed by atoms with van der Waals surface area (Å²) in [6.07, 6.45) is 2.36. The number of hydrogen-bond acceptors (Lipinski definition) is 7. The van der Waals surface area contributed by atoms with Crippen LogP contribution in [0.4, 0.5) is 5.13 Å². The molecule has 1 saturated heterocycles. The summed E-state index contributed by atoms with van der Waals surface area (Å²) in [5.41, 5.74) is 0.936. The van der Waals surface area contributed by atoms with Crippen molar-refractivity contribution in [2.24, 2.45) is 11.3 Å². The third-order valence-electron chi connectivity index (χ3n) is 5.10. The Balaban J connectivity index is 1.43. The summed E-state index contributed by atoms with van der Waals surface area (Å²) in [6, 6.07) is -0.238. The van der Waals surface area contributed by atoms with Gasteiger partial charge in [-0.3, -0.25) is 14.9 Å². The van der Waals surface area contributed by atoms with Crippen LogP contribution in [0.25, 0.3) is 0 Å². The number of aromatic nitrogens is 2. The zero-order valence-corrected chi connectivity index (χ0v) is 17.8. The summed E-state index contributed by atoms with van der Waals surface area (Å²) in [5, 5.41) is 11.0. The molecule has 2 fully saturated rings. The van der Waals surface area contributed by atoms with E-state index in [0.29, 0.717) is 30.0 Å². The Morgan fingerprint density at radius 2 is 1.96 bits per heavy atom. The number of hydrogen-bond donors (Lipinski definition) is 2. The fourth-order valence-corrected chi connectivity index (χ4v) is 4.78. The average molecular weight is 421 g/mol. The van der Waals surface area contributed by atoms with Crippen LogP contribution in [0.5, 0.6) is 0 Å². The van der Waals surface area contributed by atoms with Crippen molar-refractivity contribution >= 4 is 39.6 Å². The maximum absolute atomic E-state index is 12.6. The second-order valence-electron chi connectivity index (χ2n) is 8.13. The van der Waals surface area contributed by atoms with Crippen molar-refractivity contribution < 1.29 is 14.3 Å². The van der Waals surface area contributed by atoms with E-state index in [4.69, 9.17) is 4.74 Å². The van der Waals surface area contributed by atoms with E-state index in [9.17, 15) is 9.59 Å². The van der Waals surface area contributed by atoms with Crippen molar-refractivity contribution in [3.05, 3.63) is 27.2 Å². The molecule has 0 spiro atoms. The first-order valence-electron chi connectivity index (χ1n) is 9.46. The average Bonchev–Trinajstić information content (AvgIpc) is 3.18. The van der Waals surface area contributed by atoms with Crippen molar-refractivity contribution in [1.82, 2.24) is 15.3 Å². The van der Waals surface area contributed by atoms with Crippen molar-refractivity contribution in [1.29, 1.82) is 0 Å². The van der Waals surface area contributed by atoms with E-state index in [1.807, 2.05) is 26.2 Å². The Hall–Kier alpha value is -1.84. The van der Waals surface area contributed by atoms with Gasteiger partial charge in [-0.25, -0.2) is 9.97 Å². The standard InChI is InChI=1S/C19H24N4O3S2/c1-10(2)14(22-17(25)19(3)8-26-9-19)16-20-13(7-27-16)15(24)23-18-21-12(6-28-18)11-4-5-11/h6-7,10-11,14H,4-5,8-9H2,1-3H3,(H,22,25)(H,21,23,24)/t14-/m0/s1. The molecule has 3 heterocycles. The van der Waals surface area contributed by atoms with E-state index in [0.717, 1.165) is 10.7 Å². The summed E-state index contributed by atoms with van der Waals surface area (Å²) in [5.74, 6) is 0.406. The number of anilines is 1. The molecule has 2 aliphatic rings. The fourth-order valence-electron chi connectivity index (χ4n) is 2.97. The second-order valence-corrected chi connectivity index (χ2v) is 9.87. The first kappa shape index (κ1) is 19.5. The highest BCUT2D eigenvalue weighted by atomic mass is 32.1. The van der Waals surface area contributed by atoms with Crippen LogP contribution in [0.2, 0.25) is 0 Å². The molecular formula is C19H24N4O3S2. The Morgan fingerprint density at radius 1 is 1.21 bits per heavy atom. The normalized spacial score (nSPS) is 19.1. The smallest absolute Gasteiger partial charge is 0.276 e. The number of thiazole rings is 2. The largest absolute Gasteiger partial charge is 0.379 e. The van der Waals surface area contributed by atoms with Gasteiger partial charge in [0.1, 0.15) is 10.7 Å². The monoisotopic (exact) mass is 420 g/mol. The van der Waals surface area contributed by atoms with Crippen LogP contribution in [-0.4, -0.2) is 35.0 Å². The highest BCUT2D eigenvalue weighted by Crippen LogP contribution is 2.41. The zero-order chi connectivity index (χ0) is 19.9. The van der Waals surface area contributed by atoms with Gasteiger partial charge < -0.3 is 10.1 Å². The van der Waals surface area contributed by atoms with Crippen LogP contribution >= 0.6 is 22.7 Å². The molecule has 7 nitrogen and oxygen atoms in total. The summed E-state index contributed by atoms with van der Waals surface area (Å²) < 4.78 is 5.19. The van der Waals surface area contributed by atoms with Crippen molar-refractivity contribution in [2.45, 2.75) is 45.6 Å². The maximum Gasteiger partial charge on any atom is 0.276 e. The highest BCUT2D eigenvalue weighted by Gasteiger charge is 2.42. The molecule has 150 valence electrons. The van der Waals surface area contributed by atoms with Gasteiger partial charge in [0, 0.05) is 16.7 Å². The third kappa shape index (κ3) is 3.97. The number of ether oxygens (including phenoxy) is 1. The molecule has 1 aliphatic heterocycles. The molecule has 0 aromatic carbocycles. The Kier molecular flexibility index (Phi) is 5.24. The SMILES string of the molecule is CC(C)[C@H](NC(=O)C1(C)COC1)c1nc(C(=O)Nc2nc(C3CC3)cs2)cs1. The topological polar surface area (TPSA) is 93.2 Å². The molecule has 1 aliphatic carbocycles. The van der Waals surface area contributed by atoms with E-state index >= 15 is 0 Å². The first-order valence-corrected chi connectivity index (χ1v) is 11.2. The van der Waals surface area contributed by atoms with Gasteiger partial charge in [-0.05, 0) is 25.7 Å². The predicted octanol–water partition coefficient (Wildman–Crippen LogP) is 3.58. The Bertz CT molecular complexity index is 883. The molecule has 2 aromatic heterocycles. The van der Waals surface area contributed by atoms with Crippen molar-refractivity contribution in [3.63, 3.8) is 0 Å². The fraction of sp³-hybridized carbons (Fsp3) is 0.579. The quantitative estimate of drug-likeness (QED) is 0.714. The molecule has 0 radical (unpaired) electrons. The minimum absolute atomic E-state index is 0.0333. The van der Waals surface area contributed by atoms with Crippen LogP contribution < -0.4 is 10.6 Å². The molecule has 0 unspecified atom stereocenters. The van der Waals surface area contributed by atoms with Gasteiger partial charge in [0.25, 0.3) is 5.91 Å². The lowest BCUT2D eigenvalue weighted by Gasteiger charge is -2.37. The Labute approximate surface area is 171 Å². The minimum atomic E-state index is -0.477. The van der Waals surface area contributed by atoms with Gasteiger partial charge in [0.05, 0.1) is 30.4 Å². The van der Waals surface area contributed by atoms with Crippen molar-refractivity contribution in [3.8, 4) is 0 Å². The highest BCUT2D eigenvalue weighted by molar-refractivity contribution is 7.14. The van der Waals surface area contributed by atoms with E-state index in [2.05, 4.69) is 20.6 Å².